The second kappa shape index (κ2) is 6.44. The van der Waals surface area contributed by atoms with Crippen molar-refractivity contribution in [2.45, 2.75) is 13.5 Å². The van der Waals surface area contributed by atoms with E-state index in [0.29, 0.717) is 32.3 Å². The Bertz CT molecular complexity index is 948. The highest BCUT2D eigenvalue weighted by molar-refractivity contribution is 6.34. The molecule has 0 saturated carbocycles. The average Bonchev–Trinajstić information content (AvgIpc) is 2.53. The maximum Gasteiger partial charge on any atom is 0.355 e. The van der Waals surface area contributed by atoms with Crippen molar-refractivity contribution in [2.24, 2.45) is 0 Å². The molecule has 0 aliphatic heterocycles. The fourth-order valence-electron chi connectivity index (χ4n) is 2.21. The minimum Gasteiger partial charge on any atom is -0.487 e. The minimum atomic E-state index is -0.587. The molecule has 0 bridgehead atoms. The van der Waals surface area contributed by atoms with Crippen LogP contribution in [0.5, 0.6) is 5.75 Å². The van der Waals surface area contributed by atoms with E-state index in [2.05, 4.69) is 0 Å². The van der Waals surface area contributed by atoms with E-state index in [4.69, 9.17) is 44.0 Å². The molecule has 118 valence electrons. The molecular formula is C17H11Cl3O3. The molecule has 0 spiro atoms. The molecule has 0 aliphatic carbocycles. The summed E-state index contributed by atoms with van der Waals surface area (Å²) < 4.78 is 10.9. The Balaban J connectivity index is 1.99. The van der Waals surface area contributed by atoms with E-state index in [1.807, 2.05) is 18.2 Å². The average molecular weight is 370 g/mol. The van der Waals surface area contributed by atoms with E-state index in [9.17, 15) is 4.79 Å². The standard InChI is InChI=1S/C17H11Cl3O3/c1-9-11-6-13(19)15(7-14(11)23-17(21)16(9)20)22-8-10-4-2-3-5-12(10)18/h2-7H,8H2,1H3. The molecule has 0 N–H and O–H groups in total. The Labute approximate surface area is 147 Å². The maximum absolute atomic E-state index is 11.7. The molecule has 1 aromatic heterocycles. The summed E-state index contributed by atoms with van der Waals surface area (Å²) in [5, 5.41) is 1.74. The van der Waals surface area contributed by atoms with Crippen molar-refractivity contribution in [1.82, 2.24) is 0 Å². The molecule has 23 heavy (non-hydrogen) atoms. The summed E-state index contributed by atoms with van der Waals surface area (Å²) in [5.74, 6) is 0.406. The van der Waals surface area contributed by atoms with Crippen LogP contribution in [0.15, 0.2) is 45.6 Å². The monoisotopic (exact) mass is 368 g/mol. The van der Waals surface area contributed by atoms with Gasteiger partial charge in [0.1, 0.15) is 23.0 Å². The molecule has 2 aromatic carbocycles. The maximum atomic E-state index is 11.7. The van der Waals surface area contributed by atoms with Gasteiger partial charge in [0.05, 0.1) is 5.02 Å². The summed E-state index contributed by atoms with van der Waals surface area (Å²) in [5.41, 5.74) is 1.24. The fraction of sp³-hybridized carbons (Fsp3) is 0.118. The van der Waals surface area contributed by atoms with Crippen LogP contribution in [-0.2, 0) is 6.61 Å². The van der Waals surface area contributed by atoms with E-state index < -0.39 is 5.63 Å². The van der Waals surface area contributed by atoms with Gasteiger partial charge in [0, 0.05) is 22.0 Å². The van der Waals surface area contributed by atoms with Crippen molar-refractivity contribution >= 4 is 45.8 Å². The van der Waals surface area contributed by atoms with Gasteiger partial charge in [-0.2, -0.15) is 0 Å². The second-order valence-corrected chi connectivity index (χ2v) is 6.18. The summed E-state index contributed by atoms with van der Waals surface area (Å²) in [6.45, 7) is 1.99. The first-order chi connectivity index (χ1) is 11.0. The number of rotatable bonds is 3. The highest BCUT2D eigenvalue weighted by Crippen LogP contribution is 2.33. The predicted molar refractivity (Wildman–Crippen MR) is 93.0 cm³/mol. The van der Waals surface area contributed by atoms with Gasteiger partial charge in [-0.05, 0) is 24.6 Å². The van der Waals surface area contributed by atoms with Crippen LogP contribution in [-0.4, -0.2) is 0 Å². The summed E-state index contributed by atoms with van der Waals surface area (Å²) in [7, 11) is 0. The van der Waals surface area contributed by atoms with Crippen LogP contribution in [0.2, 0.25) is 15.1 Å². The third-order valence-electron chi connectivity index (χ3n) is 3.49. The van der Waals surface area contributed by atoms with Crippen LogP contribution in [0, 0.1) is 6.92 Å². The first-order valence-corrected chi connectivity index (χ1v) is 7.89. The lowest BCUT2D eigenvalue weighted by Crippen LogP contribution is -2.02. The molecule has 0 radical (unpaired) electrons. The molecule has 3 aromatic rings. The Morgan fingerprint density at radius 2 is 1.83 bits per heavy atom. The molecule has 0 amide bonds. The number of ether oxygens (including phenoxy) is 1. The molecule has 0 unspecified atom stereocenters. The molecular weight excluding hydrogens is 359 g/mol. The molecule has 3 rings (SSSR count). The normalized spacial score (nSPS) is 11.0. The van der Waals surface area contributed by atoms with E-state index in [1.165, 1.54) is 0 Å². The van der Waals surface area contributed by atoms with Crippen molar-refractivity contribution in [3.8, 4) is 5.75 Å². The first-order valence-electron chi connectivity index (χ1n) is 6.76. The van der Waals surface area contributed by atoms with E-state index >= 15 is 0 Å². The number of aryl methyl sites for hydroxylation is 1. The van der Waals surface area contributed by atoms with Crippen LogP contribution < -0.4 is 10.4 Å². The SMILES string of the molecule is Cc1c(Cl)c(=O)oc2cc(OCc3ccccc3Cl)c(Cl)cc12. The van der Waals surface area contributed by atoms with Crippen LogP contribution in [0.3, 0.4) is 0 Å². The van der Waals surface area contributed by atoms with Crippen molar-refractivity contribution in [1.29, 1.82) is 0 Å². The highest BCUT2D eigenvalue weighted by Gasteiger charge is 2.13. The van der Waals surface area contributed by atoms with E-state index in [1.54, 1.807) is 25.1 Å². The number of fused-ring (bicyclic) bond motifs is 1. The van der Waals surface area contributed by atoms with Crippen molar-refractivity contribution in [3.05, 3.63) is 73.0 Å². The lowest BCUT2D eigenvalue weighted by molar-refractivity contribution is 0.306. The smallest absolute Gasteiger partial charge is 0.355 e. The lowest BCUT2D eigenvalue weighted by atomic mass is 10.1. The van der Waals surface area contributed by atoms with Crippen LogP contribution >= 0.6 is 34.8 Å². The lowest BCUT2D eigenvalue weighted by Gasteiger charge is -2.11. The molecule has 0 aliphatic rings. The van der Waals surface area contributed by atoms with Crippen LogP contribution in [0.25, 0.3) is 11.0 Å². The van der Waals surface area contributed by atoms with Gasteiger partial charge >= 0.3 is 5.63 Å². The Morgan fingerprint density at radius 3 is 2.57 bits per heavy atom. The van der Waals surface area contributed by atoms with E-state index in [-0.39, 0.29) is 11.6 Å². The third-order valence-corrected chi connectivity index (χ3v) is 4.59. The first kappa shape index (κ1) is 16.2. The van der Waals surface area contributed by atoms with Gasteiger partial charge in [-0.1, -0.05) is 53.0 Å². The third kappa shape index (κ3) is 3.18. The number of benzene rings is 2. The minimum absolute atomic E-state index is 0.0540. The number of halogens is 3. The van der Waals surface area contributed by atoms with Gasteiger partial charge in [0.25, 0.3) is 0 Å². The predicted octanol–water partition coefficient (Wildman–Crippen LogP) is 5.64. The molecule has 0 atom stereocenters. The van der Waals surface area contributed by atoms with Gasteiger partial charge in [0.2, 0.25) is 0 Å². The van der Waals surface area contributed by atoms with Crippen LogP contribution in [0.1, 0.15) is 11.1 Å². The summed E-state index contributed by atoms with van der Waals surface area (Å²) >= 11 is 18.3. The zero-order chi connectivity index (χ0) is 16.6. The highest BCUT2D eigenvalue weighted by atomic mass is 35.5. The topological polar surface area (TPSA) is 39.4 Å². The van der Waals surface area contributed by atoms with Gasteiger partial charge < -0.3 is 9.15 Å². The van der Waals surface area contributed by atoms with Crippen LogP contribution in [0.4, 0.5) is 0 Å². The van der Waals surface area contributed by atoms with Gasteiger partial charge in [-0.15, -0.1) is 0 Å². The Morgan fingerprint density at radius 1 is 1.09 bits per heavy atom. The zero-order valence-corrected chi connectivity index (χ0v) is 14.3. The molecule has 0 saturated heterocycles. The van der Waals surface area contributed by atoms with E-state index in [0.717, 1.165) is 5.56 Å². The Kier molecular flexibility index (Phi) is 4.53. The number of hydrogen-bond donors (Lipinski definition) is 0. The van der Waals surface area contributed by atoms with Crippen molar-refractivity contribution in [2.75, 3.05) is 0 Å². The summed E-state index contributed by atoms with van der Waals surface area (Å²) in [4.78, 5) is 11.7. The molecule has 0 fully saturated rings. The largest absolute Gasteiger partial charge is 0.487 e. The second-order valence-electron chi connectivity index (χ2n) is 4.99. The Hall–Kier alpha value is -1.68. The summed E-state index contributed by atoms with van der Waals surface area (Å²) in [6, 6.07) is 10.6. The van der Waals surface area contributed by atoms with Gasteiger partial charge in [-0.3, -0.25) is 0 Å². The van der Waals surface area contributed by atoms with Gasteiger partial charge in [-0.25, -0.2) is 4.79 Å². The summed E-state index contributed by atoms with van der Waals surface area (Å²) in [6.07, 6.45) is 0. The van der Waals surface area contributed by atoms with Gasteiger partial charge in [0.15, 0.2) is 0 Å². The molecule has 6 heteroatoms. The quantitative estimate of drug-likeness (QED) is 0.561. The molecule has 1 heterocycles. The fourth-order valence-corrected chi connectivity index (χ4v) is 2.76. The number of hydrogen-bond acceptors (Lipinski definition) is 3. The van der Waals surface area contributed by atoms with Crippen molar-refractivity contribution < 1.29 is 9.15 Å². The zero-order valence-electron chi connectivity index (χ0n) is 12.0. The molecule has 3 nitrogen and oxygen atoms in total. The van der Waals surface area contributed by atoms with Crippen molar-refractivity contribution in [3.63, 3.8) is 0 Å².